The van der Waals surface area contributed by atoms with Crippen LogP contribution in [-0.2, 0) is 0 Å². The summed E-state index contributed by atoms with van der Waals surface area (Å²) in [4.78, 5) is 33.1. The van der Waals surface area contributed by atoms with E-state index in [9.17, 15) is 9.18 Å². The molecule has 10 heteroatoms. The number of fused-ring (bicyclic) bond motifs is 2. The molecule has 4 aromatic heterocycles. The number of carbonyl (C=O) groups is 1. The molecule has 0 spiro atoms. The molecule has 0 bridgehead atoms. The van der Waals surface area contributed by atoms with E-state index in [0.717, 1.165) is 24.5 Å². The topological polar surface area (TPSA) is 100 Å². The molecule has 2 atom stereocenters. The zero-order valence-corrected chi connectivity index (χ0v) is 18.9. The lowest BCUT2D eigenvalue weighted by Gasteiger charge is -2.37. The second-order valence-corrected chi connectivity index (χ2v) is 8.63. The maximum Gasteiger partial charge on any atom is 0.259 e. The Kier molecular flexibility index (Phi) is 5.16. The number of imidazole rings is 1. The van der Waals surface area contributed by atoms with Crippen molar-refractivity contribution in [3.8, 4) is 0 Å². The van der Waals surface area contributed by atoms with E-state index in [0.29, 0.717) is 34.6 Å². The number of pyridine rings is 2. The summed E-state index contributed by atoms with van der Waals surface area (Å²) in [6.45, 7) is 9.46. The number of hydrogen-bond donors (Lipinski definition) is 2. The number of aromatic nitrogens is 5. The van der Waals surface area contributed by atoms with Crippen molar-refractivity contribution in [2.24, 2.45) is 0 Å². The molecule has 170 valence electrons. The number of carbonyl (C=O) groups excluding carboxylic acids is 1. The summed E-state index contributed by atoms with van der Waals surface area (Å²) < 4.78 is 16.2. The van der Waals surface area contributed by atoms with E-state index in [-0.39, 0.29) is 11.2 Å². The number of hydrogen-bond acceptors (Lipinski definition) is 7. The Morgan fingerprint density at radius 1 is 1.12 bits per heavy atom. The van der Waals surface area contributed by atoms with Crippen LogP contribution in [0.2, 0.25) is 0 Å². The molecule has 2 N–H and O–H groups in total. The van der Waals surface area contributed by atoms with Crippen molar-refractivity contribution in [3.05, 3.63) is 53.6 Å². The van der Waals surface area contributed by atoms with Crippen molar-refractivity contribution in [2.75, 3.05) is 23.3 Å². The van der Waals surface area contributed by atoms with Crippen LogP contribution in [0.4, 0.5) is 15.9 Å². The zero-order chi connectivity index (χ0) is 23.3. The predicted molar refractivity (Wildman–Crippen MR) is 124 cm³/mol. The molecule has 4 aromatic rings. The van der Waals surface area contributed by atoms with Gasteiger partial charge in [-0.15, -0.1) is 0 Å². The molecule has 1 aliphatic rings. The Hall–Kier alpha value is -3.66. The lowest BCUT2D eigenvalue weighted by Crippen LogP contribution is -2.54. The lowest BCUT2D eigenvalue weighted by atomic mass is 10.1. The van der Waals surface area contributed by atoms with E-state index >= 15 is 0 Å². The largest absolute Gasteiger partial charge is 0.352 e. The van der Waals surface area contributed by atoms with Crippen molar-refractivity contribution in [1.29, 1.82) is 0 Å². The Labute approximate surface area is 190 Å². The number of piperazine rings is 1. The van der Waals surface area contributed by atoms with Gasteiger partial charge in [0.1, 0.15) is 11.0 Å². The van der Waals surface area contributed by atoms with Gasteiger partial charge in [0.2, 0.25) is 0 Å². The molecule has 0 saturated carbocycles. The minimum absolute atomic E-state index is 0.227. The molecular formula is C23H25FN8O. The quantitative estimate of drug-likeness (QED) is 0.497. The first-order chi connectivity index (χ1) is 15.8. The number of aryl methyl sites for hydroxylation is 2. The highest BCUT2D eigenvalue weighted by atomic mass is 19.1. The Balaban J connectivity index is 1.51. The Morgan fingerprint density at radius 3 is 2.55 bits per heavy atom. The van der Waals surface area contributed by atoms with Gasteiger partial charge in [-0.05, 0) is 27.7 Å². The van der Waals surface area contributed by atoms with Crippen LogP contribution in [0.25, 0.3) is 16.7 Å². The second-order valence-electron chi connectivity index (χ2n) is 8.63. The van der Waals surface area contributed by atoms with Gasteiger partial charge in [0, 0.05) is 61.7 Å². The van der Waals surface area contributed by atoms with E-state index in [4.69, 9.17) is 0 Å². The van der Waals surface area contributed by atoms with Crippen LogP contribution in [0.3, 0.4) is 0 Å². The van der Waals surface area contributed by atoms with Crippen LogP contribution in [0.5, 0.6) is 0 Å². The molecule has 1 saturated heterocycles. The van der Waals surface area contributed by atoms with Crippen molar-refractivity contribution >= 4 is 34.1 Å². The molecule has 0 aromatic carbocycles. The minimum Gasteiger partial charge on any atom is -0.352 e. The first-order valence-corrected chi connectivity index (χ1v) is 10.9. The fraction of sp³-hybridized carbons (Fsp3) is 0.348. The number of halogens is 1. The van der Waals surface area contributed by atoms with Gasteiger partial charge >= 0.3 is 0 Å². The third kappa shape index (κ3) is 3.76. The van der Waals surface area contributed by atoms with E-state index < -0.39 is 11.7 Å². The average Bonchev–Trinajstić information content (AvgIpc) is 3.06. The normalized spacial score (nSPS) is 18.8. The third-order valence-electron chi connectivity index (χ3n) is 5.99. The number of nitrogens with one attached hydrogen (secondary N) is 2. The number of nitrogens with zero attached hydrogens (tertiary/aromatic N) is 6. The highest BCUT2D eigenvalue weighted by Gasteiger charge is 2.26. The maximum atomic E-state index is 14.6. The molecular weight excluding hydrogens is 423 g/mol. The summed E-state index contributed by atoms with van der Waals surface area (Å²) in [5.41, 5.74) is 3.37. The summed E-state index contributed by atoms with van der Waals surface area (Å²) in [5.74, 6) is -0.245. The smallest absolute Gasteiger partial charge is 0.259 e. The predicted octanol–water partition coefficient (Wildman–Crippen LogP) is 2.87. The number of amides is 1. The van der Waals surface area contributed by atoms with E-state index in [1.54, 1.807) is 23.0 Å². The van der Waals surface area contributed by atoms with Crippen LogP contribution >= 0.6 is 0 Å². The SMILES string of the molecule is Cc1nc2c(F)cc(NC(=O)c3cnc(N4C[C@@H](C)N[C@@H](C)C4)c4nccnc34)cn2c1C. The molecule has 5 rings (SSSR count). The van der Waals surface area contributed by atoms with Crippen molar-refractivity contribution in [1.82, 2.24) is 29.7 Å². The highest BCUT2D eigenvalue weighted by Crippen LogP contribution is 2.26. The van der Waals surface area contributed by atoms with E-state index in [1.807, 2.05) is 13.8 Å². The van der Waals surface area contributed by atoms with Crippen molar-refractivity contribution in [2.45, 2.75) is 39.8 Å². The first-order valence-electron chi connectivity index (χ1n) is 10.9. The monoisotopic (exact) mass is 448 g/mol. The molecule has 0 unspecified atom stereocenters. The van der Waals surface area contributed by atoms with Gasteiger partial charge in [-0.1, -0.05) is 0 Å². The van der Waals surface area contributed by atoms with Crippen molar-refractivity contribution < 1.29 is 9.18 Å². The molecule has 9 nitrogen and oxygen atoms in total. The zero-order valence-electron chi connectivity index (χ0n) is 18.9. The van der Waals surface area contributed by atoms with Crippen molar-refractivity contribution in [3.63, 3.8) is 0 Å². The van der Waals surface area contributed by atoms with Gasteiger partial charge in [0.15, 0.2) is 17.3 Å². The van der Waals surface area contributed by atoms with Gasteiger partial charge in [-0.2, -0.15) is 0 Å². The minimum atomic E-state index is -0.510. The summed E-state index contributed by atoms with van der Waals surface area (Å²) in [5, 5.41) is 6.27. The lowest BCUT2D eigenvalue weighted by molar-refractivity contribution is 0.102. The maximum absolute atomic E-state index is 14.6. The Morgan fingerprint density at radius 2 is 1.82 bits per heavy atom. The fourth-order valence-corrected chi connectivity index (χ4v) is 4.44. The van der Waals surface area contributed by atoms with Gasteiger partial charge in [-0.3, -0.25) is 14.2 Å². The average molecular weight is 449 g/mol. The van der Waals surface area contributed by atoms with Gasteiger partial charge in [0.05, 0.1) is 16.9 Å². The summed E-state index contributed by atoms with van der Waals surface area (Å²) in [6.07, 6.45) is 6.32. The van der Waals surface area contributed by atoms with Crippen LogP contribution in [0.15, 0.2) is 30.9 Å². The van der Waals surface area contributed by atoms with E-state index in [1.165, 1.54) is 12.3 Å². The van der Waals surface area contributed by atoms with Crippen LogP contribution < -0.4 is 15.5 Å². The Bertz CT molecular complexity index is 1370. The van der Waals surface area contributed by atoms with Crippen LogP contribution in [0, 0.1) is 19.7 Å². The number of anilines is 2. The summed E-state index contributed by atoms with van der Waals surface area (Å²) in [7, 11) is 0. The second kappa shape index (κ2) is 8.04. The molecule has 1 aliphatic heterocycles. The molecule has 0 radical (unpaired) electrons. The van der Waals surface area contributed by atoms with Crippen LogP contribution in [0.1, 0.15) is 35.6 Å². The van der Waals surface area contributed by atoms with E-state index in [2.05, 4.69) is 49.3 Å². The molecule has 5 heterocycles. The fourth-order valence-electron chi connectivity index (χ4n) is 4.44. The summed E-state index contributed by atoms with van der Waals surface area (Å²) in [6, 6.07) is 1.86. The standard InChI is InChI=1S/C23H25FN8O/c1-12-9-31(10-13(2)28-12)22-20-19(25-5-6-26-20)17(8-27-22)23(33)30-16-7-18(24)21-29-14(3)15(4)32(21)11-16/h5-8,11-13,28H,9-10H2,1-4H3,(H,30,33)/t12-,13+. The number of rotatable bonds is 3. The third-order valence-corrected chi connectivity index (χ3v) is 5.99. The molecule has 0 aliphatic carbocycles. The van der Waals surface area contributed by atoms with Gasteiger partial charge < -0.3 is 15.5 Å². The van der Waals surface area contributed by atoms with Gasteiger partial charge in [0.25, 0.3) is 5.91 Å². The molecule has 1 fully saturated rings. The highest BCUT2D eigenvalue weighted by molar-refractivity contribution is 6.12. The summed E-state index contributed by atoms with van der Waals surface area (Å²) >= 11 is 0. The van der Waals surface area contributed by atoms with Gasteiger partial charge in [-0.25, -0.2) is 19.3 Å². The van der Waals surface area contributed by atoms with Crippen LogP contribution in [-0.4, -0.2) is 55.4 Å². The molecule has 33 heavy (non-hydrogen) atoms. The first kappa shape index (κ1) is 21.2. The molecule has 1 amide bonds.